The van der Waals surface area contributed by atoms with Crippen LogP contribution < -0.4 is 9.20 Å². The van der Waals surface area contributed by atoms with Crippen molar-refractivity contribution in [2.75, 3.05) is 33.5 Å². The van der Waals surface area contributed by atoms with Crippen LogP contribution in [-0.4, -0.2) is 91.6 Å². The van der Waals surface area contributed by atoms with Crippen LogP contribution in [0, 0.1) is 11.8 Å². The average molecular weight is 812 g/mol. The van der Waals surface area contributed by atoms with Crippen LogP contribution in [0.3, 0.4) is 0 Å². The number of allylic oxidation sites excluding steroid dienone is 2. The quantitative estimate of drug-likeness (QED) is 0.0805. The number of benzene rings is 2. The van der Waals surface area contributed by atoms with E-state index in [0.717, 1.165) is 102 Å². The van der Waals surface area contributed by atoms with E-state index < -0.39 is 0 Å². The fourth-order valence-corrected chi connectivity index (χ4v) is 10.0. The Kier molecular flexibility index (Phi) is 17.4. The van der Waals surface area contributed by atoms with Crippen LogP contribution in [0.4, 0.5) is 0 Å². The second-order valence-corrected chi connectivity index (χ2v) is 17.3. The van der Waals surface area contributed by atoms with Crippen LogP contribution in [-0.2, 0) is 38.0 Å². The zero-order valence-electron chi connectivity index (χ0n) is 31.9. The first-order valence-corrected chi connectivity index (χ1v) is 22.1. The molecule has 0 aromatic heterocycles. The minimum atomic E-state index is -0.306. The van der Waals surface area contributed by atoms with Crippen LogP contribution in [0.2, 0.25) is 4.82 Å². The monoisotopic (exact) mass is 812 g/mol. The number of hydrogen-bond donors (Lipinski definition) is 0. The predicted molar refractivity (Wildman–Crippen MR) is 209 cm³/mol. The SMILES string of the molecule is COC(=O)C(CC/C=C/CC1C(OC2CCCCO2)CC(OC2CCCCO2)C1/C=C/C(COc1ccccc1)OC1CCCCO1)[Se]c1ccccc1. The normalized spacial score (nSPS) is 28.9. The summed E-state index contributed by atoms with van der Waals surface area (Å²) in [6.07, 6.45) is 20.1. The Morgan fingerprint density at radius 1 is 0.796 bits per heavy atom. The van der Waals surface area contributed by atoms with Gasteiger partial charge < -0.3 is 9.47 Å². The average Bonchev–Trinajstić information content (AvgIpc) is 3.54. The van der Waals surface area contributed by atoms with E-state index in [0.29, 0.717) is 13.2 Å². The molecular weight excluding hydrogens is 751 g/mol. The van der Waals surface area contributed by atoms with Gasteiger partial charge in [0, 0.05) is 13.2 Å². The zero-order chi connectivity index (χ0) is 37.2. The van der Waals surface area contributed by atoms with E-state index in [1.165, 1.54) is 11.6 Å². The molecule has 4 aliphatic rings. The maximum absolute atomic E-state index is 12.7. The Labute approximate surface area is 328 Å². The molecule has 0 amide bonds. The summed E-state index contributed by atoms with van der Waals surface area (Å²) < 4.78 is 51.0. The van der Waals surface area contributed by atoms with Crippen molar-refractivity contribution in [1.29, 1.82) is 0 Å². The molecule has 1 aliphatic carbocycles. The molecule has 0 radical (unpaired) electrons. The van der Waals surface area contributed by atoms with E-state index in [9.17, 15) is 4.79 Å². The Bertz CT molecular complexity index is 1390. The van der Waals surface area contributed by atoms with Gasteiger partial charge in [-0.2, -0.15) is 0 Å². The summed E-state index contributed by atoms with van der Waals surface area (Å²) in [5, 5.41) is 0. The second-order valence-electron chi connectivity index (χ2n) is 14.6. The van der Waals surface area contributed by atoms with E-state index in [2.05, 4.69) is 36.4 Å². The van der Waals surface area contributed by atoms with Gasteiger partial charge in [-0.15, -0.1) is 0 Å². The number of esters is 1. The standard InChI is InChI=1S/C44H60O9Se/c1-46-44(45)40(54-35-19-7-3-8-20-35)22-10-4-9-21-36-37(27-26-34(51-41-23-11-14-28-47-41)32-50-33-17-5-2-6-18-33)39(53-43-25-13-16-30-49-43)31-38(36)52-42-24-12-15-29-48-42/h2-9,17-20,26-27,34,36-43H,10-16,21-25,28-32H2,1H3/b9-4+,27-26+. The van der Waals surface area contributed by atoms with Gasteiger partial charge in [0.25, 0.3) is 0 Å². The van der Waals surface area contributed by atoms with Crippen LogP contribution in [0.15, 0.2) is 85.0 Å². The first-order valence-electron chi connectivity index (χ1n) is 20.3. The topological polar surface area (TPSA) is 90.9 Å². The van der Waals surface area contributed by atoms with Gasteiger partial charge in [0.05, 0.1) is 0 Å². The summed E-state index contributed by atoms with van der Waals surface area (Å²) in [4.78, 5) is 12.6. The molecule has 3 aliphatic heterocycles. The van der Waals surface area contributed by atoms with E-state index in [4.69, 9.17) is 37.9 Å². The molecule has 3 saturated heterocycles. The molecule has 296 valence electrons. The Hall–Kier alpha value is -2.53. The number of carbonyl (C=O) groups is 1. The Balaban J connectivity index is 1.19. The van der Waals surface area contributed by atoms with E-state index in [1.54, 1.807) is 0 Å². The molecule has 10 heteroatoms. The molecule has 1 saturated carbocycles. The van der Waals surface area contributed by atoms with Gasteiger partial charge in [0.15, 0.2) is 6.29 Å². The molecule has 3 heterocycles. The van der Waals surface area contributed by atoms with Crippen molar-refractivity contribution >= 4 is 25.4 Å². The Morgan fingerprint density at radius 3 is 2.06 bits per heavy atom. The molecule has 9 unspecified atom stereocenters. The maximum atomic E-state index is 12.7. The van der Waals surface area contributed by atoms with Crippen molar-refractivity contribution in [2.45, 2.75) is 125 Å². The van der Waals surface area contributed by atoms with Crippen LogP contribution in [0.25, 0.3) is 0 Å². The van der Waals surface area contributed by atoms with Gasteiger partial charge in [-0.1, -0.05) is 18.2 Å². The van der Waals surface area contributed by atoms with Gasteiger partial charge in [0.2, 0.25) is 0 Å². The second kappa shape index (κ2) is 22.9. The molecule has 54 heavy (non-hydrogen) atoms. The number of ether oxygens (including phenoxy) is 8. The van der Waals surface area contributed by atoms with Crippen molar-refractivity contribution < 1.29 is 42.7 Å². The van der Waals surface area contributed by atoms with Crippen LogP contribution >= 0.6 is 0 Å². The summed E-state index contributed by atoms with van der Waals surface area (Å²) >= 11 is -0.000277. The third-order valence-electron chi connectivity index (χ3n) is 10.6. The third-order valence-corrected chi connectivity index (χ3v) is 13.3. The van der Waals surface area contributed by atoms with E-state index >= 15 is 0 Å². The van der Waals surface area contributed by atoms with Gasteiger partial charge in [-0.25, -0.2) is 0 Å². The molecule has 2 aromatic carbocycles. The number of hydrogen-bond acceptors (Lipinski definition) is 9. The first-order chi connectivity index (χ1) is 26.6. The fourth-order valence-electron chi connectivity index (χ4n) is 7.73. The molecule has 0 spiro atoms. The summed E-state index contributed by atoms with van der Waals surface area (Å²) in [7, 11) is 1.48. The molecule has 0 bridgehead atoms. The summed E-state index contributed by atoms with van der Waals surface area (Å²) in [6.45, 7) is 2.55. The third kappa shape index (κ3) is 13.3. The summed E-state index contributed by atoms with van der Waals surface area (Å²) in [5.41, 5.74) is 0. The Morgan fingerprint density at radius 2 is 1.43 bits per heavy atom. The van der Waals surface area contributed by atoms with Crippen molar-refractivity contribution in [3.8, 4) is 5.75 Å². The first kappa shape index (κ1) is 41.1. The molecule has 2 aromatic rings. The molecule has 9 nitrogen and oxygen atoms in total. The van der Waals surface area contributed by atoms with Crippen LogP contribution in [0.1, 0.15) is 83.5 Å². The van der Waals surface area contributed by atoms with E-state index in [1.807, 2.05) is 48.5 Å². The molecule has 4 fully saturated rings. The predicted octanol–water partition coefficient (Wildman–Crippen LogP) is 7.71. The van der Waals surface area contributed by atoms with Crippen LogP contribution in [0.5, 0.6) is 5.75 Å². The molecule has 0 N–H and O–H groups in total. The van der Waals surface area contributed by atoms with Crippen molar-refractivity contribution in [1.82, 2.24) is 0 Å². The molecular formula is C44H60O9Se. The zero-order valence-corrected chi connectivity index (χ0v) is 33.6. The van der Waals surface area contributed by atoms with Gasteiger partial charge in [0.1, 0.15) is 5.75 Å². The minimum absolute atomic E-state index is 0.000277. The van der Waals surface area contributed by atoms with Gasteiger partial charge in [-0.05, 0) is 50.7 Å². The fraction of sp³-hybridized carbons (Fsp3) is 0.614. The number of carbonyl (C=O) groups excluding carboxylic acids is 1. The van der Waals surface area contributed by atoms with E-state index in [-0.39, 0.29) is 74.8 Å². The molecule has 9 atom stereocenters. The van der Waals surface area contributed by atoms with Crippen molar-refractivity contribution in [3.63, 3.8) is 0 Å². The van der Waals surface area contributed by atoms with Crippen molar-refractivity contribution in [2.24, 2.45) is 11.8 Å². The number of rotatable bonds is 19. The number of para-hydroxylation sites is 1. The van der Waals surface area contributed by atoms with Gasteiger partial charge in [-0.3, -0.25) is 0 Å². The van der Waals surface area contributed by atoms with Crippen molar-refractivity contribution in [3.05, 3.63) is 85.0 Å². The summed E-state index contributed by atoms with van der Waals surface area (Å²) in [5.74, 6) is 0.867. The summed E-state index contributed by atoms with van der Waals surface area (Å²) in [6, 6.07) is 20.1. The number of methoxy groups -OCH3 is 1. The molecule has 6 rings (SSSR count). The van der Waals surface area contributed by atoms with Gasteiger partial charge >= 0.3 is 226 Å².